The van der Waals surface area contributed by atoms with Gasteiger partial charge in [0.2, 0.25) is 0 Å². The molecular formula is C11H18O7S. The van der Waals surface area contributed by atoms with Crippen molar-refractivity contribution < 1.29 is 33.0 Å². The van der Waals surface area contributed by atoms with Gasteiger partial charge in [0, 0.05) is 0 Å². The number of aliphatic carboxylic acids is 1. The normalized spacial score (nSPS) is 27.8. The molecule has 110 valence electrons. The van der Waals surface area contributed by atoms with Crippen LogP contribution in [0.1, 0.15) is 25.7 Å². The van der Waals surface area contributed by atoms with E-state index in [1.807, 2.05) is 0 Å². The van der Waals surface area contributed by atoms with Gasteiger partial charge in [0.05, 0.1) is 24.4 Å². The van der Waals surface area contributed by atoms with Crippen LogP contribution in [-0.2, 0) is 24.2 Å². The first-order valence-electron chi connectivity index (χ1n) is 5.90. The number of carbonyl (C=O) groups is 2. The van der Waals surface area contributed by atoms with Crippen molar-refractivity contribution in [3.8, 4) is 0 Å². The third kappa shape index (κ3) is 4.79. The van der Waals surface area contributed by atoms with Crippen molar-refractivity contribution in [2.24, 2.45) is 5.92 Å². The molecule has 1 aliphatic carbocycles. The van der Waals surface area contributed by atoms with Gasteiger partial charge in [0.25, 0.3) is 0 Å². The molecule has 0 aromatic rings. The minimum Gasteiger partial charge on any atom is -0.481 e. The molecule has 0 atom stereocenters. The van der Waals surface area contributed by atoms with E-state index in [0.717, 1.165) is 7.11 Å². The van der Waals surface area contributed by atoms with Gasteiger partial charge < -0.3 is 14.9 Å². The predicted molar refractivity (Wildman–Crippen MR) is 65.2 cm³/mol. The Kier molecular flexibility index (Phi) is 4.92. The summed E-state index contributed by atoms with van der Waals surface area (Å²) in [7, 11) is -2.67. The lowest BCUT2D eigenvalue weighted by molar-refractivity contribution is -0.144. The summed E-state index contributed by atoms with van der Waals surface area (Å²) in [6.45, 7) is 0. The van der Waals surface area contributed by atoms with Gasteiger partial charge in [-0.05, 0) is 25.7 Å². The molecule has 0 aromatic heterocycles. The molecule has 8 heteroatoms. The Balaban J connectivity index is 2.62. The number of methoxy groups -OCH3 is 1. The second-order valence-corrected chi connectivity index (χ2v) is 7.01. The van der Waals surface area contributed by atoms with Gasteiger partial charge in [-0.3, -0.25) is 9.59 Å². The van der Waals surface area contributed by atoms with Gasteiger partial charge in [-0.2, -0.15) is 0 Å². The number of carboxylic acids is 1. The fourth-order valence-corrected chi connectivity index (χ4v) is 3.93. The molecule has 0 saturated heterocycles. The average Bonchev–Trinajstić information content (AvgIpc) is 2.27. The third-order valence-corrected chi connectivity index (χ3v) is 4.97. The van der Waals surface area contributed by atoms with Crippen molar-refractivity contribution >= 4 is 21.8 Å². The molecule has 7 nitrogen and oxygen atoms in total. The Morgan fingerprint density at radius 2 is 1.84 bits per heavy atom. The summed E-state index contributed by atoms with van der Waals surface area (Å²) >= 11 is 0. The summed E-state index contributed by atoms with van der Waals surface area (Å²) in [6, 6.07) is 0. The minimum absolute atomic E-state index is 0.102. The molecule has 1 saturated carbocycles. The van der Waals surface area contributed by atoms with Gasteiger partial charge >= 0.3 is 11.9 Å². The average molecular weight is 294 g/mol. The second-order valence-electron chi connectivity index (χ2n) is 4.95. The number of carboxylic acid groups (broad SMARTS) is 1. The van der Waals surface area contributed by atoms with Crippen molar-refractivity contribution in [1.82, 2.24) is 0 Å². The molecule has 0 radical (unpaired) electrons. The summed E-state index contributed by atoms with van der Waals surface area (Å²) in [5, 5.41) is 19.0. The van der Waals surface area contributed by atoms with Crippen molar-refractivity contribution in [3.63, 3.8) is 0 Å². The highest BCUT2D eigenvalue weighted by molar-refractivity contribution is 7.92. The third-order valence-electron chi connectivity index (χ3n) is 3.32. The quantitative estimate of drug-likeness (QED) is 0.661. The lowest BCUT2D eigenvalue weighted by Gasteiger charge is -2.34. The van der Waals surface area contributed by atoms with E-state index in [9.17, 15) is 23.1 Å². The topological polar surface area (TPSA) is 118 Å². The van der Waals surface area contributed by atoms with E-state index >= 15 is 0 Å². The SMILES string of the molecule is COC(=O)CS(=O)(=O)CC1(O)CCC(C(=O)O)CC1. The van der Waals surface area contributed by atoms with Crippen LogP contribution < -0.4 is 0 Å². The first kappa shape index (κ1) is 15.9. The van der Waals surface area contributed by atoms with Gasteiger partial charge in [0.1, 0.15) is 5.75 Å². The Morgan fingerprint density at radius 1 is 1.32 bits per heavy atom. The standard InChI is InChI=1S/C11H18O7S/c1-18-9(12)6-19(16,17)7-11(15)4-2-8(3-5-11)10(13)14/h8,15H,2-7H2,1H3,(H,13,14). The lowest BCUT2D eigenvalue weighted by Crippen LogP contribution is -2.43. The molecule has 0 spiro atoms. The fraction of sp³-hybridized carbons (Fsp3) is 0.818. The van der Waals surface area contributed by atoms with Gasteiger partial charge in [-0.25, -0.2) is 8.42 Å². The van der Waals surface area contributed by atoms with E-state index in [4.69, 9.17) is 5.11 Å². The number of sulfone groups is 1. The lowest BCUT2D eigenvalue weighted by atomic mass is 9.80. The summed E-state index contributed by atoms with van der Waals surface area (Å²) in [4.78, 5) is 21.7. The van der Waals surface area contributed by atoms with Gasteiger partial charge in [-0.15, -0.1) is 0 Å². The van der Waals surface area contributed by atoms with E-state index in [2.05, 4.69) is 4.74 Å². The maximum absolute atomic E-state index is 11.7. The van der Waals surface area contributed by atoms with Crippen LogP contribution in [0.25, 0.3) is 0 Å². The van der Waals surface area contributed by atoms with Crippen LogP contribution in [0.5, 0.6) is 0 Å². The van der Waals surface area contributed by atoms with Crippen molar-refractivity contribution in [1.29, 1.82) is 0 Å². The zero-order valence-corrected chi connectivity index (χ0v) is 11.5. The molecule has 1 aliphatic rings. The number of rotatable bonds is 5. The van der Waals surface area contributed by atoms with Crippen LogP contribution in [0.2, 0.25) is 0 Å². The Bertz CT molecular complexity index is 446. The monoisotopic (exact) mass is 294 g/mol. The Hall–Kier alpha value is -1.15. The van der Waals surface area contributed by atoms with Gasteiger partial charge in [0.15, 0.2) is 9.84 Å². The highest BCUT2D eigenvalue weighted by atomic mass is 32.2. The Morgan fingerprint density at radius 3 is 2.26 bits per heavy atom. The second kappa shape index (κ2) is 5.87. The van der Waals surface area contributed by atoms with Crippen molar-refractivity contribution in [2.75, 3.05) is 18.6 Å². The number of hydrogen-bond donors (Lipinski definition) is 2. The predicted octanol–water partition coefficient (Wildman–Crippen LogP) is -0.420. The molecule has 0 heterocycles. The van der Waals surface area contributed by atoms with E-state index in [1.165, 1.54) is 0 Å². The van der Waals surface area contributed by atoms with Crippen LogP contribution in [0, 0.1) is 5.92 Å². The number of ether oxygens (including phenoxy) is 1. The number of aliphatic hydroxyl groups is 1. The maximum atomic E-state index is 11.7. The molecule has 0 aliphatic heterocycles. The number of esters is 1. The molecule has 0 amide bonds. The molecular weight excluding hydrogens is 276 g/mol. The smallest absolute Gasteiger partial charge is 0.320 e. The summed E-state index contributed by atoms with van der Waals surface area (Å²) in [5.74, 6) is -3.65. The molecule has 2 N–H and O–H groups in total. The van der Waals surface area contributed by atoms with E-state index in [0.29, 0.717) is 0 Å². The fourth-order valence-electron chi connectivity index (χ4n) is 2.25. The van der Waals surface area contributed by atoms with Crippen molar-refractivity contribution in [3.05, 3.63) is 0 Å². The molecule has 0 bridgehead atoms. The number of carbonyl (C=O) groups excluding carboxylic acids is 1. The zero-order chi connectivity index (χ0) is 14.7. The van der Waals surface area contributed by atoms with Crippen molar-refractivity contribution in [2.45, 2.75) is 31.3 Å². The van der Waals surface area contributed by atoms with Crippen LogP contribution in [0.3, 0.4) is 0 Å². The zero-order valence-electron chi connectivity index (χ0n) is 10.7. The van der Waals surface area contributed by atoms with E-state index in [1.54, 1.807) is 0 Å². The van der Waals surface area contributed by atoms with E-state index in [-0.39, 0.29) is 25.7 Å². The highest BCUT2D eigenvalue weighted by Gasteiger charge is 2.39. The van der Waals surface area contributed by atoms with E-state index < -0.39 is 44.8 Å². The summed E-state index contributed by atoms with van der Waals surface area (Å²) in [5.41, 5.74) is -1.45. The Labute approximate surface area is 111 Å². The summed E-state index contributed by atoms with van der Waals surface area (Å²) < 4.78 is 27.7. The molecule has 1 rings (SSSR count). The van der Waals surface area contributed by atoms with Crippen LogP contribution in [0.4, 0.5) is 0 Å². The van der Waals surface area contributed by atoms with Crippen LogP contribution in [-0.4, -0.2) is 54.8 Å². The molecule has 19 heavy (non-hydrogen) atoms. The molecule has 1 fully saturated rings. The molecule has 0 unspecified atom stereocenters. The maximum Gasteiger partial charge on any atom is 0.320 e. The first-order chi connectivity index (χ1) is 8.67. The molecule has 0 aromatic carbocycles. The highest BCUT2D eigenvalue weighted by Crippen LogP contribution is 2.33. The van der Waals surface area contributed by atoms with Crippen LogP contribution in [0.15, 0.2) is 0 Å². The van der Waals surface area contributed by atoms with Crippen LogP contribution >= 0.6 is 0 Å². The number of hydrogen-bond acceptors (Lipinski definition) is 6. The largest absolute Gasteiger partial charge is 0.481 e. The van der Waals surface area contributed by atoms with Gasteiger partial charge in [-0.1, -0.05) is 0 Å². The first-order valence-corrected chi connectivity index (χ1v) is 7.72. The minimum atomic E-state index is -3.76. The summed E-state index contributed by atoms with van der Waals surface area (Å²) in [6.07, 6.45) is 0.674.